The second-order valence-electron chi connectivity index (χ2n) is 5.59. The van der Waals surface area contributed by atoms with Crippen LogP contribution in [0.25, 0.3) is 0 Å². The van der Waals surface area contributed by atoms with Gasteiger partial charge in [0.1, 0.15) is 0 Å². The van der Waals surface area contributed by atoms with Crippen LogP contribution in [0, 0.1) is 0 Å². The third-order valence-corrected chi connectivity index (χ3v) is 3.26. The van der Waals surface area contributed by atoms with Crippen molar-refractivity contribution >= 4 is 5.97 Å². The van der Waals surface area contributed by atoms with Crippen molar-refractivity contribution in [2.45, 2.75) is 84.5 Å². The molecule has 0 radical (unpaired) electrons. The number of unbranched alkanes of at least 4 members (excludes halogenated alkanes) is 9. The molecule has 4 heteroatoms. The molecule has 0 aliphatic carbocycles. The van der Waals surface area contributed by atoms with Crippen molar-refractivity contribution in [1.82, 2.24) is 5.32 Å². The zero-order valence-corrected chi connectivity index (χ0v) is 14.3. The Hall–Kier alpha value is -0.610. The van der Waals surface area contributed by atoms with Gasteiger partial charge in [0, 0.05) is 6.92 Å². The summed E-state index contributed by atoms with van der Waals surface area (Å²) >= 11 is 0. The highest BCUT2D eigenvalue weighted by Crippen LogP contribution is 2.10. The van der Waals surface area contributed by atoms with Gasteiger partial charge in [0.15, 0.2) is 0 Å². The summed E-state index contributed by atoms with van der Waals surface area (Å²) in [6.45, 7) is 6.44. The van der Waals surface area contributed by atoms with Crippen molar-refractivity contribution in [3.63, 3.8) is 0 Å². The van der Waals surface area contributed by atoms with Gasteiger partial charge in [-0.15, -0.1) is 0 Å². The normalized spacial score (nSPS) is 10.0. The molecule has 0 aliphatic rings. The number of rotatable bonds is 14. The summed E-state index contributed by atoms with van der Waals surface area (Å²) in [5, 5.41) is 10.8. The Morgan fingerprint density at radius 2 is 1.24 bits per heavy atom. The van der Waals surface area contributed by atoms with Crippen molar-refractivity contribution < 1.29 is 9.90 Å². The van der Waals surface area contributed by atoms with E-state index in [1.54, 1.807) is 0 Å². The highest BCUT2D eigenvalue weighted by molar-refractivity contribution is 5.62. The molecule has 0 aromatic carbocycles. The summed E-state index contributed by atoms with van der Waals surface area (Å²) in [5.74, 6) is -0.833. The molecule has 0 saturated carbocycles. The van der Waals surface area contributed by atoms with Gasteiger partial charge >= 0.3 is 0 Å². The predicted octanol–water partition coefficient (Wildman–Crippen LogP) is 3.94. The number of hydrogen-bond donors (Lipinski definition) is 3. The molecule has 0 spiro atoms. The van der Waals surface area contributed by atoms with Crippen LogP contribution in [0.1, 0.15) is 84.5 Å². The summed E-state index contributed by atoms with van der Waals surface area (Å²) in [4.78, 5) is 9.00. The summed E-state index contributed by atoms with van der Waals surface area (Å²) in [5.41, 5.74) is 5.43. The summed E-state index contributed by atoms with van der Waals surface area (Å²) in [6, 6.07) is 0. The number of carboxylic acid groups (broad SMARTS) is 1. The zero-order valence-electron chi connectivity index (χ0n) is 14.3. The lowest BCUT2D eigenvalue weighted by Gasteiger charge is -2.04. The van der Waals surface area contributed by atoms with E-state index in [2.05, 4.69) is 12.2 Å². The second-order valence-corrected chi connectivity index (χ2v) is 5.59. The van der Waals surface area contributed by atoms with Crippen molar-refractivity contribution in [3.05, 3.63) is 0 Å². The number of hydrogen-bond acceptors (Lipinski definition) is 3. The third-order valence-electron chi connectivity index (χ3n) is 3.26. The van der Waals surface area contributed by atoms with E-state index < -0.39 is 5.97 Å². The van der Waals surface area contributed by atoms with Crippen LogP contribution >= 0.6 is 0 Å². The maximum atomic E-state index is 9.00. The van der Waals surface area contributed by atoms with Crippen LogP contribution in [-0.2, 0) is 4.79 Å². The Kier molecular flexibility index (Phi) is 23.4. The Balaban J connectivity index is 0. The Morgan fingerprint density at radius 3 is 1.67 bits per heavy atom. The zero-order chi connectivity index (χ0) is 16.2. The fraction of sp³-hybridized carbons (Fsp3) is 0.941. The molecular formula is C17H38N2O2. The van der Waals surface area contributed by atoms with Gasteiger partial charge < -0.3 is 16.2 Å². The van der Waals surface area contributed by atoms with Gasteiger partial charge in [0.2, 0.25) is 0 Å². The molecule has 0 bridgehead atoms. The molecule has 21 heavy (non-hydrogen) atoms. The first-order chi connectivity index (χ1) is 10.1. The molecule has 0 rings (SSSR count). The van der Waals surface area contributed by atoms with E-state index in [0.717, 1.165) is 26.4 Å². The molecule has 0 aromatic rings. The Morgan fingerprint density at radius 1 is 0.857 bits per heavy atom. The largest absolute Gasteiger partial charge is 0.481 e. The SMILES string of the molecule is CC(=O)O.CCCCCCCCCCCCNCCCN. The number of aliphatic carboxylic acids is 1. The standard InChI is InChI=1S/C15H34N2.C2H4O2/c1-2-3-4-5-6-7-8-9-10-11-14-17-15-12-13-16;1-2(3)4/h17H,2-16H2,1H3;1H3,(H,3,4). The molecule has 4 nitrogen and oxygen atoms in total. The minimum Gasteiger partial charge on any atom is -0.481 e. The first kappa shape index (κ1) is 22.7. The lowest BCUT2D eigenvalue weighted by Crippen LogP contribution is -2.19. The van der Waals surface area contributed by atoms with Gasteiger partial charge in [0.05, 0.1) is 0 Å². The average molecular weight is 303 g/mol. The molecule has 4 N–H and O–H groups in total. The molecule has 0 aliphatic heterocycles. The van der Waals surface area contributed by atoms with Crippen molar-refractivity contribution in [2.24, 2.45) is 5.73 Å². The second kappa shape index (κ2) is 21.7. The Bertz CT molecular complexity index is 181. The van der Waals surface area contributed by atoms with Crippen LogP contribution in [-0.4, -0.2) is 30.7 Å². The smallest absolute Gasteiger partial charge is 0.300 e. The quantitative estimate of drug-likeness (QED) is 0.425. The van der Waals surface area contributed by atoms with Gasteiger partial charge in [-0.05, 0) is 32.5 Å². The van der Waals surface area contributed by atoms with Gasteiger partial charge in [-0.3, -0.25) is 4.79 Å². The predicted molar refractivity (Wildman–Crippen MR) is 91.7 cm³/mol. The number of nitrogens with two attached hydrogens (primary N) is 1. The summed E-state index contributed by atoms with van der Waals surface area (Å²) in [7, 11) is 0. The molecule has 128 valence electrons. The highest BCUT2D eigenvalue weighted by atomic mass is 16.4. The van der Waals surface area contributed by atoms with Crippen molar-refractivity contribution in [1.29, 1.82) is 0 Å². The molecule has 0 aromatic heterocycles. The van der Waals surface area contributed by atoms with E-state index in [0.29, 0.717) is 0 Å². The maximum Gasteiger partial charge on any atom is 0.300 e. The van der Waals surface area contributed by atoms with Crippen LogP contribution in [0.3, 0.4) is 0 Å². The average Bonchev–Trinajstić information content (AvgIpc) is 2.43. The number of carboxylic acids is 1. The topological polar surface area (TPSA) is 75.3 Å². The maximum absolute atomic E-state index is 9.00. The molecule has 0 unspecified atom stereocenters. The molecule has 0 atom stereocenters. The van der Waals surface area contributed by atoms with Crippen molar-refractivity contribution in [2.75, 3.05) is 19.6 Å². The lowest BCUT2D eigenvalue weighted by atomic mass is 10.1. The minimum atomic E-state index is -0.833. The summed E-state index contributed by atoms with van der Waals surface area (Å²) in [6.07, 6.45) is 15.3. The number of nitrogens with one attached hydrogen (secondary N) is 1. The minimum absolute atomic E-state index is 0.811. The van der Waals surface area contributed by atoms with E-state index in [4.69, 9.17) is 15.6 Å². The van der Waals surface area contributed by atoms with E-state index in [-0.39, 0.29) is 0 Å². The Labute approximate surface area is 131 Å². The first-order valence-electron chi connectivity index (χ1n) is 8.75. The van der Waals surface area contributed by atoms with Gasteiger partial charge in [-0.25, -0.2) is 0 Å². The van der Waals surface area contributed by atoms with E-state index in [9.17, 15) is 0 Å². The fourth-order valence-corrected chi connectivity index (χ4v) is 2.09. The van der Waals surface area contributed by atoms with Gasteiger partial charge in [-0.1, -0.05) is 64.7 Å². The van der Waals surface area contributed by atoms with E-state index in [1.165, 1.54) is 70.8 Å². The molecule has 0 heterocycles. The third kappa shape index (κ3) is 32.7. The van der Waals surface area contributed by atoms with Gasteiger partial charge in [0.25, 0.3) is 5.97 Å². The van der Waals surface area contributed by atoms with Crippen molar-refractivity contribution in [3.8, 4) is 0 Å². The van der Waals surface area contributed by atoms with Crippen LogP contribution in [0.4, 0.5) is 0 Å². The fourth-order valence-electron chi connectivity index (χ4n) is 2.09. The monoisotopic (exact) mass is 302 g/mol. The molecule has 0 amide bonds. The van der Waals surface area contributed by atoms with E-state index >= 15 is 0 Å². The molecule has 0 saturated heterocycles. The molecular weight excluding hydrogens is 264 g/mol. The van der Waals surface area contributed by atoms with Crippen LogP contribution in [0.5, 0.6) is 0 Å². The number of carbonyl (C=O) groups is 1. The lowest BCUT2D eigenvalue weighted by molar-refractivity contribution is -0.134. The van der Waals surface area contributed by atoms with Gasteiger partial charge in [-0.2, -0.15) is 0 Å². The van der Waals surface area contributed by atoms with Crippen LogP contribution in [0.2, 0.25) is 0 Å². The van der Waals surface area contributed by atoms with Crippen LogP contribution < -0.4 is 11.1 Å². The van der Waals surface area contributed by atoms with E-state index in [1.807, 2.05) is 0 Å². The van der Waals surface area contributed by atoms with Crippen LogP contribution in [0.15, 0.2) is 0 Å². The first-order valence-corrected chi connectivity index (χ1v) is 8.75. The highest BCUT2D eigenvalue weighted by Gasteiger charge is 1.92. The summed E-state index contributed by atoms with van der Waals surface area (Å²) < 4.78 is 0. The molecule has 0 fully saturated rings.